The molecule has 2 saturated heterocycles. The average Bonchev–Trinajstić information content (AvgIpc) is 3.26. The van der Waals surface area contributed by atoms with E-state index in [2.05, 4.69) is 15.0 Å². The van der Waals surface area contributed by atoms with Crippen molar-refractivity contribution in [2.45, 2.75) is 76.4 Å². The zero-order chi connectivity index (χ0) is 18.4. The first-order valence-corrected chi connectivity index (χ1v) is 9.92. The van der Waals surface area contributed by atoms with Gasteiger partial charge in [-0.3, -0.25) is 4.79 Å². The zero-order valence-electron chi connectivity index (χ0n) is 15.7. The van der Waals surface area contributed by atoms with Gasteiger partial charge in [-0.05, 0) is 51.4 Å². The van der Waals surface area contributed by atoms with E-state index in [0.29, 0.717) is 11.7 Å². The fourth-order valence-corrected chi connectivity index (χ4v) is 4.68. The van der Waals surface area contributed by atoms with Crippen molar-refractivity contribution < 1.29 is 19.2 Å². The Morgan fingerprint density at radius 1 is 1.19 bits per heavy atom. The van der Waals surface area contributed by atoms with E-state index in [1.165, 1.54) is 51.7 Å². The van der Waals surface area contributed by atoms with E-state index >= 15 is 0 Å². The molecule has 7 nitrogen and oxygen atoms in total. The molecule has 1 spiro atoms. The first kappa shape index (κ1) is 19.3. The van der Waals surface area contributed by atoms with Crippen molar-refractivity contribution in [2.75, 3.05) is 19.6 Å². The fourth-order valence-electron chi connectivity index (χ4n) is 4.68. The summed E-state index contributed by atoms with van der Waals surface area (Å²) in [4.78, 5) is 15.4. The van der Waals surface area contributed by atoms with Crippen LogP contribution >= 0.6 is 0 Å². The number of aromatic nitrogens is 2. The first-order valence-electron chi connectivity index (χ1n) is 9.92. The van der Waals surface area contributed by atoms with Gasteiger partial charge >= 0.3 is 0 Å². The number of aryl methyl sites for hydroxylation is 1. The van der Waals surface area contributed by atoms with Crippen LogP contribution in [0, 0.1) is 12.8 Å². The molecule has 1 atom stereocenters. The number of carboxylic acid groups (broad SMARTS) is 1. The summed E-state index contributed by atoms with van der Waals surface area (Å²) < 4.78 is 11.7. The van der Waals surface area contributed by atoms with Gasteiger partial charge in [0.1, 0.15) is 6.10 Å². The minimum absolute atomic E-state index is 0.0149. The molecule has 7 heteroatoms. The SMILES string of the molecule is Cc1noc(C2CCC3(CCN(CC4CCCCC4)CC3)O2)n1.O=CO. The second-order valence-corrected chi connectivity index (χ2v) is 7.92. The molecule has 1 saturated carbocycles. The molecule has 0 amide bonds. The lowest BCUT2D eigenvalue weighted by Gasteiger charge is -2.40. The number of piperidine rings is 1. The Balaban J connectivity index is 0.000000613. The second-order valence-electron chi connectivity index (χ2n) is 7.92. The lowest BCUT2D eigenvalue weighted by atomic mass is 9.86. The van der Waals surface area contributed by atoms with Crippen molar-refractivity contribution in [1.82, 2.24) is 15.0 Å². The van der Waals surface area contributed by atoms with Gasteiger partial charge in [0.25, 0.3) is 12.4 Å². The van der Waals surface area contributed by atoms with Crippen molar-refractivity contribution in [3.8, 4) is 0 Å². The van der Waals surface area contributed by atoms with Gasteiger partial charge in [0.2, 0.25) is 0 Å². The number of rotatable bonds is 3. The van der Waals surface area contributed by atoms with E-state index in [9.17, 15) is 0 Å². The topological polar surface area (TPSA) is 88.7 Å². The van der Waals surface area contributed by atoms with Gasteiger partial charge in [0.15, 0.2) is 5.82 Å². The Hall–Kier alpha value is -1.47. The van der Waals surface area contributed by atoms with Crippen LogP contribution in [0.15, 0.2) is 4.52 Å². The van der Waals surface area contributed by atoms with Crippen molar-refractivity contribution in [1.29, 1.82) is 0 Å². The number of likely N-dealkylation sites (tertiary alicyclic amines) is 1. The number of ether oxygens (including phenoxy) is 1. The Kier molecular flexibility index (Phi) is 6.64. The van der Waals surface area contributed by atoms with Gasteiger partial charge in [-0.2, -0.15) is 4.98 Å². The number of hydrogen-bond donors (Lipinski definition) is 1. The van der Waals surface area contributed by atoms with Gasteiger partial charge in [-0.15, -0.1) is 0 Å². The maximum absolute atomic E-state index is 8.36. The molecule has 4 rings (SSSR count). The second kappa shape index (κ2) is 8.95. The Bertz CT molecular complexity index is 563. The average molecular weight is 365 g/mol. The predicted octanol–water partition coefficient (Wildman–Crippen LogP) is 3.35. The quantitative estimate of drug-likeness (QED) is 0.822. The number of carbonyl (C=O) groups is 1. The van der Waals surface area contributed by atoms with E-state index in [1.807, 2.05) is 6.92 Å². The maximum Gasteiger partial charge on any atom is 0.290 e. The van der Waals surface area contributed by atoms with E-state index in [1.54, 1.807) is 0 Å². The maximum atomic E-state index is 8.36. The van der Waals surface area contributed by atoms with Gasteiger partial charge in [0, 0.05) is 19.6 Å². The summed E-state index contributed by atoms with van der Waals surface area (Å²) in [6.07, 6.45) is 11.7. The monoisotopic (exact) mass is 365 g/mol. The molecular formula is C19H31N3O4. The molecule has 1 aromatic heterocycles. The molecule has 1 N–H and O–H groups in total. The molecule has 3 heterocycles. The smallest absolute Gasteiger partial charge is 0.290 e. The van der Waals surface area contributed by atoms with Crippen molar-refractivity contribution in [2.24, 2.45) is 5.92 Å². The number of hydrogen-bond acceptors (Lipinski definition) is 6. The highest BCUT2D eigenvalue weighted by molar-refractivity contribution is 5.32. The van der Waals surface area contributed by atoms with Crippen LogP contribution in [0.5, 0.6) is 0 Å². The van der Waals surface area contributed by atoms with Crippen LogP contribution in [-0.2, 0) is 9.53 Å². The van der Waals surface area contributed by atoms with E-state index in [-0.39, 0.29) is 18.2 Å². The molecule has 0 radical (unpaired) electrons. The van der Waals surface area contributed by atoms with Gasteiger partial charge in [-0.1, -0.05) is 24.4 Å². The van der Waals surface area contributed by atoms with Crippen LogP contribution in [-0.4, -0.2) is 51.9 Å². The van der Waals surface area contributed by atoms with Crippen LogP contribution < -0.4 is 0 Å². The summed E-state index contributed by atoms with van der Waals surface area (Å²) in [7, 11) is 0. The molecule has 1 aromatic rings. The molecule has 26 heavy (non-hydrogen) atoms. The highest BCUT2D eigenvalue weighted by Gasteiger charge is 2.44. The first-order chi connectivity index (χ1) is 12.6. The Morgan fingerprint density at radius 2 is 1.88 bits per heavy atom. The molecule has 2 aliphatic heterocycles. The van der Waals surface area contributed by atoms with E-state index in [0.717, 1.165) is 31.6 Å². The summed E-state index contributed by atoms with van der Waals surface area (Å²) in [5.41, 5.74) is 0.0656. The largest absolute Gasteiger partial charge is 0.483 e. The molecule has 0 bridgehead atoms. The number of nitrogens with zero attached hydrogens (tertiary/aromatic N) is 3. The van der Waals surface area contributed by atoms with Crippen molar-refractivity contribution in [3.05, 3.63) is 11.7 Å². The summed E-state index contributed by atoms with van der Waals surface area (Å²) in [5, 5.41) is 10.8. The van der Waals surface area contributed by atoms with Gasteiger partial charge in [-0.25, -0.2) is 0 Å². The van der Waals surface area contributed by atoms with Gasteiger partial charge in [0.05, 0.1) is 5.60 Å². The summed E-state index contributed by atoms with van der Waals surface area (Å²) in [6.45, 7) is 5.29. The molecular weight excluding hydrogens is 334 g/mol. The third-order valence-electron chi connectivity index (χ3n) is 6.08. The summed E-state index contributed by atoms with van der Waals surface area (Å²) >= 11 is 0. The van der Waals surface area contributed by atoms with E-state index < -0.39 is 0 Å². The predicted molar refractivity (Wildman–Crippen MR) is 95.8 cm³/mol. The van der Waals surface area contributed by atoms with Crippen LogP contribution in [0.2, 0.25) is 0 Å². The van der Waals surface area contributed by atoms with Crippen LogP contribution in [0.1, 0.15) is 75.6 Å². The Morgan fingerprint density at radius 3 is 2.50 bits per heavy atom. The van der Waals surface area contributed by atoms with E-state index in [4.69, 9.17) is 19.2 Å². The van der Waals surface area contributed by atoms with Crippen molar-refractivity contribution in [3.63, 3.8) is 0 Å². The minimum atomic E-state index is -0.250. The molecule has 3 fully saturated rings. The molecule has 1 unspecified atom stereocenters. The van der Waals surface area contributed by atoms with Crippen LogP contribution in [0.4, 0.5) is 0 Å². The standard InChI is InChI=1S/C18H29N3O2.CH2O2/c1-14-19-17(23-20-14)16-7-8-18(22-16)9-11-21(12-10-18)13-15-5-3-2-4-6-15;2-1-3/h15-16H,2-13H2,1H3;1H,(H,2,3). The Labute approximate surface area is 155 Å². The van der Waals surface area contributed by atoms with Crippen molar-refractivity contribution >= 4 is 6.47 Å². The lowest BCUT2D eigenvalue weighted by Crippen LogP contribution is -2.45. The van der Waals surface area contributed by atoms with Crippen LogP contribution in [0.25, 0.3) is 0 Å². The highest BCUT2D eigenvalue weighted by atomic mass is 16.5. The minimum Gasteiger partial charge on any atom is -0.483 e. The lowest BCUT2D eigenvalue weighted by molar-refractivity contribution is -0.122. The highest BCUT2D eigenvalue weighted by Crippen LogP contribution is 2.44. The van der Waals surface area contributed by atoms with Crippen LogP contribution in [0.3, 0.4) is 0 Å². The molecule has 0 aromatic carbocycles. The molecule has 146 valence electrons. The third-order valence-corrected chi connectivity index (χ3v) is 6.08. The normalized spacial score (nSPS) is 26.4. The molecule has 1 aliphatic carbocycles. The molecule has 3 aliphatic rings. The zero-order valence-corrected chi connectivity index (χ0v) is 15.7. The summed E-state index contributed by atoms with van der Waals surface area (Å²) in [5.74, 6) is 2.31. The fraction of sp³-hybridized carbons (Fsp3) is 0.842. The third kappa shape index (κ3) is 4.82. The summed E-state index contributed by atoms with van der Waals surface area (Å²) in [6, 6.07) is 0. The van der Waals surface area contributed by atoms with Gasteiger partial charge < -0.3 is 19.3 Å².